The lowest BCUT2D eigenvalue weighted by Crippen LogP contribution is -1.98. The van der Waals surface area contributed by atoms with Gasteiger partial charge in [-0.15, -0.1) is 0 Å². The Morgan fingerprint density at radius 1 is 1.31 bits per heavy atom. The van der Waals surface area contributed by atoms with E-state index in [9.17, 15) is 0 Å². The minimum absolute atomic E-state index is 0.863. The third-order valence-corrected chi connectivity index (χ3v) is 3.44. The molecule has 1 heterocycles. The highest BCUT2D eigenvalue weighted by Gasteiger charge is 1.98. The van der Waals surface area contributed by atoms with E-state index in [2.05, 4.69) is 69.4 Å². The lowest BCUT2D eigenvalue weighted by atomic mass is 10.2. The highest BCUT2D eigenvalue weighted by Crippen LogP contribution is 2.20. The minimum Gasteiger partial charge on any atom is -0.381 e. The van der Waals surface area contributed by atoms with Gasteiger partial charge in [-0.25, -0.2) is 0 Å². The van der Waals surface area contributed by atoms with Gasteiger partial charge >= 0.3 is 0 Å². The van der Waals surface area contributed by atoms with Crippen LogP contribution in [0.1, 0.15) is 11.1 Å². The molecule has 3 heteroatoms. The summed E-state index contributed by atoms with van der Waals surface area (Å²) in [7, 11) is 2.03. The third-order valence-electron chi connectivity index (χ3n) is 2.55. The van der Waals surface area contributed by atoms with E-state index in [0.29, 0.717) is 0 Å². The molecule has 0 unspecified atom stereocenters. The van der Waals surface area contributed by atoms with Crippen molar-refractivity contribution in [1.29, 1.82) is 0 Å². The van der Waals surface area contributed by atoms with Gasteiger partial charge in [0.25, 0.3) is 0 Å². The average Bonchev–Trinajstić information content (AvgIpc) is 2.66. The van der Waals surface area contributed by atoms with Crippen LogP contribution >= 0.6 is 15.9 Å². The Bertz CT molecular complexity index is 488. The third kappa shape index (κ3) is 2.67. The van der Waals surface area contributed by atoms with Crippen molar-refractivity contribution in [3.05, 3.63) is 52.3 Å². The SMILES string of the molecule is Cc1cc(NCc2ccn(C)c2)ccc1Br. The smallest absolute Gasteiger partial charge is 0.0415 e. The van der Waals surface area contributed by atoms with Crippen molar-refractivity contribution >= 4 is 21.6 Å². The molecular weight excluding hydrogens is 264 g/mol. The average molecular weight is 279 g/mol. The molecule has 0 radical (unpaired) electrons. The number of rotatable bonds is 3. The Kier molecular flexibility index (Phi) is 3.34. The number of aryl methyl sites for hydroxylation is 2. The van der Waals surface area contributed by atoms with Gasteiger partial charge in [0.2, 0.25) is 0 Å². The molecule has 84 valence electrons. The van der Waals surface area contributed by atoms with Gasteiger partial charge in [0.15, 0.2) is 0 Å². The zero-order valence-electron chi connectivity index (χ0n) is 9.50. The highest BCUT2D eigenvalue weighted by molar-refractivity contribution is 9.10. The predicted molar refractivity (Wildman–Crippen MR) is 71.6 cm³/mol. The number of hydrogen-bond acceptors (Lipinski definition) is 1. The second-order valence-electron chi connectivity index (χ2n) is 4.00. The minimum atomic E-state index is 0.863. The summed E-state index contributed by atoms with van der Waals surface area (Å²) < 4.78 is 3.21. The van der Waals surface area contributed by atoms with Crippen LogP contribution < -0.4 is 5.32 Å². The van der Waals surface area contributed by atoms with Crippen molar-refractivity contribution in [3.8, 4) is 0 Å². The quantitative estimate of drug-likeness (QED) is 0.906. The summed E-state index contributed by atoms with van der Waals surface area (Å²) in [6.07, 6.45) is 4.18. The first-order chi connectivity index (χ1) is 7.65. The lowest BCUT2D eigenvalue weighted by Gasteiger charge is -2.07. The molecule has 0 aliphatic rings. The molecule has 0 aliphatic heterocycles. The van der Waals surface area contributed by atoms with Gasteiger partial charge in [-0.2, -0.15) is 0 Å². The number of benzene rings is 1. The predicted octanol–water partition coefficient (Wildman–Crippen LogP) is 3.71. The number of anilines is 1. The molecule has 2 aromatic rings. The summed E-state index contributed by atoms with van der Waals surface area (Å²) in [5, 5.41) is 3.41. The van der Waals surface area contributed by atoms with Crippen molar-refractivity contribution in [1.82, 2.24) is 4.57 Å². The maximum absolute atomic E-state index is 3.50. The summed E-state index contributed by atoms with van der Waals surface area (Å²) >= 11 is 3.50. The van der Waals surface area contributed by atoms with Crippen LogP contribution in [-0.2, 0) is 13.6 Å². The van der Waals surface area contributed by atoms with Crippen LogP contribution in [0.4, 0.5) is 5.69 Å². The molecule has 0 saturated heterocycles. The normalized spacial score (nSPS) is 10.4. The first kappa shape index (κ1) is 11.3. The van der Waals surface area contributed by atoms with Crippen molar-refractivity contribution in [3.63, 3.8) is 0 Å². The monoisotopic (exact) mass is 278 g/mol. The molecule has 2 nitrogen and oxygen atoms in total. The zero-order valence-corrected chi connectivity index (χ0v) is 11.1. The summed E-state index contributed by atoms with van der Waals surface area (Å²) in [6.45, 7) is 2.96. The van der Waals surface area contributed by atoms with E-state index in [1.807, 2.05) is 7.05 Å². The summed E-state index contributed by atoms with van der Waals surface area (Å²) in [5.41, 5.74) is 3.70. The second-order valence-corrected chi connectivity index (χ2v) is 4.86. The number of nitrogens with one attached hydrogen (secondary N) is 1. The second kappa shape index (κ2) is 4.74. The van der Waals surface area contributed by atoms with Gasteiger partial charge in [0.05, 0.1) is 0 Å². The van der Waals surface area contributed by atoms with Crippen molar-refractivity contribution < 1.29 is 0 Å². The van der Waals surface area contributed by atoms with Gasteiger partial charge in [0, 0.05) is 36.1 Å². The molecular formula is C13H15BrN2. The Labute approximate surface area is 104 Å². The van der Waals surface area contributed by atoms with Crippen LogP contribution in [0.25, 0.3) is 0 Å². The van der Waals surface area contributed by atoms with Crippen LogP contribution in [-0.4, -0.2) is 4.57 Å². The molecule has 0 atom stereocenters. The fourth-order valence-corrected chi connectivity index (χ4v) is 1.87. The fraction of sp³-hybridized carbons (Fsp3) is 0.231. The van der Waals surface area contributed by atoms with Crippen molar-refractivity contribution in [2.24, 2.45) is 7.05 Å². The van der Waals surface area contributed by atoms with Crippen LogP contribution in [0.3, 0.4) is 0 Å². The zero-order chi connectivity index (χ0) is 11.5. The molecule has 0 fully saturated rings. The van der Waals surface area contributed by atoms with E-state index in [4.69, 9.17) is 0 Å². The van der Waals surface area contributed by atoms with E-state index >= 15 is 0 Å². The number of halogens is 1. The van der Waals surface area contributed by atoms with Crippen LogP contribution in [0, 0.1) is 6.92 Å². The Morgan fingerprint density at radius 3 is 2.75 bits per heavy atom. The van der Waals surface area contributed by atoms with Crippen molar-refractivity contribution in [2.45, 2.75) is 13.5 Å². The summed E-state index contributed by atoms with van der Waals surface area (Å²) in [5.74, 6) is 0. The Morgan fingerprint density at radius 2 is 2.12 bits per heavy atom. The summed E-state index contributed by atoms with van der Waals surface area (Å²) in [6, 6.07) is 8.43. The van der Waals surface area contributed by atoms with Crippen LogP contribution in [0.2, 0.25) is 0 Å². The number of hydrogen-bond donors (Lipinski definition) is 1. The van der Waals surface area contributed by atoms with E-state index in [1.54, 1.807) is 0 Å². The molecule has 0 aliphatic carbocycles. The van der Waals surface area contributed by atoms with Crippen molar-refractivity contribution in [2.75, 3.05) is 5.32 Å². The van der Waals surface area contributed by atoms with Crippen LogP contribution in [0.15, 0.2) is 41.1 Å². The van der Waals surface area contributed by atoms with E-state index < -0.39 is 0 Å². The molecule has 0 saturated carbocycles. The maximum atomic E-state index is 3.50. The molecule has 16 heavy (non-hydrogen) atoms. The number of aromatic nitrogens is 1. The van der Waals surface area contributed by atoms with E-state index in [-0.39, 0.29) is 0 Å². The molecule has 1 N–H and O–H groups in total. The van der Waals surface area contributed by atoms with E-state index in [1.165, 1.54) is 11.1 Å². The maximum Gasteiger partial charge on any atom is 0.0415 e. The fourth-order valence-electron chi connectivity index (χ4n) is 1.62. The number of nitrogens with zero attached hydrogens (tertiary/aromatic N) is 1. The first-order valence-corrected chi connectivity index (χ1v) is 6.05. The Hall–Kier alpha value is -1.22. The van der Waals surface area contributed by atoms with Crippen LogP contribution in [0.5, 0.6) is 0 Å². The topological polar surface area (TPSA) is 17.0 Å². The molecule has 2 rings (SSSR count). The lowest BCUT2D eigenvalue weighted by molar-refractivity contribution is 0.920. The molecule has 0 bridgehead atoms. The molecule has 0 amide bonds. The highest BCUT2D eigenvalue weighted by atomic mass is 79.9. The van der Waals surface area contributed by atoms with E-state index in [0.717, 1.165) is 16.7 Å². The van der Waals surface area contributed by atoms with Gasteiger partial charge in [0.1, 0.15) is 0 Å². The molecule has 1 aromatic heterocycles. The largest absolute Gasteiger partial charge is 0.381 e. The Balaban J connectivity index is 2.02. The van der Waals surface area contributed by atoms with Gasteiger partial charge in [-0.05, 0) is 42.3 Å². The molecule has 0 spiro atoms. The van der Waals surface area contributed by atoms with Gasteiger partial charge < -0.3 is 9.88 Å². The van der Waals surface area contributed by atoms with Gasteiger partial charge in [-0.1, -0.05) is 15.9 Å². The molecule has 1 aromatic carbocycles. The first-order valence-electron chi connectivity index (χ1n) is 5.26. The summed E-state index contributed by atoms with van der Waals surface area (Å²) in [4.78, 5) is 0. The standard InChI is InChI=1S/C13H15BrN2/c1-10-7-12(3-4-13(10)14)15-8-11-5-6-16(2)9-11/h3-7,9,15H,8H2,1-2H3. The van der Waals surface area contributed by atoms with Gasteiger partial charge in [-0.3, -0.25) is 0 Å².